The summed E-state index contributed by atoms with van der Waals surface area (Å²) >= 11 is 1.77. The minimum atomic E-state index is 0.838. The van der Waals surface area contributed by atoms with Crippen molar-refractivity contribution in [2.24, 2.45) is 4.99 Å². The molecule has 2 N–H and O–H groups in total. The zero-order valence-corrected chi connectivity index (χ0v) is 16.4. The van der Waals surface area contributed by atoms with Gasteiger partial charge >= 0.3 is 0 Å². The normalized spacial score (nSPS) is 11.4. The minimum absolute atomic E-state index is 0.838. The van der Waals surface area contributed by atoms with Crippen molar-refractivity contribution in [3.63, 3.8) is 0 Å². The lowest BCUT2D eigenvalue weighted by Crippen LogP contribution is -2.38. The van der Waals surface area contributed by atoms with Gasteiger partial charge in [0.2, 0.25) is 0 Å². The molecule has 136 valence electrons. The third-order valence-corrected chi connectivity index (χ3v) is 5.15. The van der Waals surface area contributed by atoms with Gasteiger partial charge in [-0.25, -0.2) is 4.98 Å². The Hall–Kier alpha value is -2.08. The maximum absolute atomic E-state index is 5.18. The van der Waals surface area contributed by atoms with Gasteiger partial charge in [0.25, 0.3) is 0 Å². The number of ether oxygens (including phenoxy) is 1. The van der Waals surface area contributed by atoms with Crippen molar-refractivity contribution in [1.29, 1.82) is 0 Å². The molecular formula is C19H28N4OS. The molecular weight excluding hydrogens is 332 g/mol. The summed E-state index contributed by atoms with van der Waals surface area (Å²) in [7, 11) is 3.49. The lowest BCUT2D eigenvalue weighted by atomic mass is 10.1. The zero-order valence-electron chi connectivity index (χ0n) is 15.6. The Bertz CT molecular complexity index is 660. The number of nitrogens with zero attached hydrogens (tertiary/aromatic N) is 2. The molecule has 0 saturated heterocycles. The van der Waals surface area contributed by atoms with Crippen LogP contribution in [0.25, 0.3) is 0 Å². The van der Waals surface area contributed by atoms with Gasteiger partial charge in [-0.15, -0.1) is 11.3 Å². The summed E-state index contributed by atoms with van der Waals surface area (Å²) in [5.41, 5.74) is 2.46. The number of rotatable bonds is 8. The summed E-state index contributed by atoms with van der Waals surface area (Å²) in [5.74, 6) is 1.75. The van der Waals surface area contributed by atoms with Gasteiger partial charge in [-0.1, -0.05) is 12.1 Å². The average Bonchev–Trinajstić information content (AvgIpc) is 2.95. The number of hydrogen-bond donors (Lipinski definition) is 2. The molecule has 0 radical (unpaired) electrons. The largest absolute Gasteiger partial charge is 0.497 e. The maximum atomic E-state index is 5.18. The molecule has 2 rings (SSSR count). The van der Waals surface area contributed by atoms with Crippen LogP contribution in [0.4, 0.5) is 0 Å². The molecule has 0 aliphatic heterocycles. The molecule has 0 atom stereocenters. The fraction of sp³-hybridized carbons (Fsp3) is 0.474. The predicted octanol–water partition coefficient (Wildman–Crippen LogP) is 3.11. The van der Waals surface area contributed by atoms with Crippen LogP contribution in [0.2, 0.25) is 0 Å². The first-order valence-corrected chi connectivity index (χ1v) is 9.44. The highest BCUT2D eigenvalue weighted by molar-refractivity contribution is 7.11. The van der Waals surface area contributed by atoms with Crippen molar-refractivity contribution < 1.29 is 4.74 Å². The third kappa shape index (κ3) is 6.38. The Morgan fingerprint density at radius 2 is 1.84 bits per heavy atom. The van der Waals surface area contributed by atoms with Crippen LogP contribution in [0.5, 0.6) is 5.75 Å². The van der Waals surface area contributed by atoms with Crippen molar-refractivity contribution in [2.45, 2.75) is 33.1 Å². The van der Waals surface area contributed by atoms with E-state index in [0.29, 0.717) is 0 Å². The summed E-state index contributed by atoms with van der Waals surface area (Å²) in [6.07, 6.45) is 3.01. The number of thiazole rings is 1. The molecule has 0 saturated carbocycles. The van der Waals surface area contributed by atoms with E-state index in [1.54, 1.807) is 25.5 Å². The fourth-order valence-corrected chi connectivity index (χ4v) is 3.38. The van der Waals surface area contributed by atoms with Gasteiger partial charge < -0.3 is 15.4 Å². The lowest BCUT2D eigenvalue weighted by Gasteiger charge is -2.11. The highest BCUT2D eigenvalue weighted by Crippen LogP contribution is 2.16. The summed E-state index contributed by atoms with van der Waals surface area (Å²) < 4.78 is 5.18. The number of guanidine groups is 1. The quantitative estimate of drug-likeness (QED) is 0.431. The van der Waals surface area contributed by atoms with Crippen LogP contribution in [0.3, 0.4) is 0 Å². The average molecular weight is 361 g/mol. The van der Waals surface area contributed by atoms with Gasteiger partial charge in [0.1, 0.15) is 5.75 Å². The van der Waals surface area contributed by atoms with E-state index < -0.39 is 0 Å². The van der Waals surface area contributed by atoms with Crippen LogP contribution in [0.15, 0.2) is 29.3 Å². The second-order valence-corrected chi connectivity index (χ2v) is 7.16. The summed E-state index contributed by atoms with van der Waals surface area (Å²) in [4.78, 5) is 10.1. The van der Waals surface area contributed by atoms with Gasteiger partial charge in [-0.3, -0.25) is 4.99 Å². The topological polar surface area (TPSA) is 58.5 Å². The minimum Gasteiger partial charge on any atom is -0.497 e. The third-order valence-electron chi connectivity index (χ3n) is 4.02. The standard InChI is InChI=1S/C19H28N4OS/c1-14-15(2)25-18(23-14)11-13-22-19(20-3)21-12-5-6-16-7-9-17(24-4)10-8-16/h7-10H,5-6,11-13H2,1-4H3,(H2,20,21,22). The Kier molecular flexibility index (Phi) is 7.73. The summed E-state index contributed by atoms with van der Waals surface area (Å²) in [6.45, 7) is 5.91. The van der Waals surface area contributed by atoms with Gasteiger partial charge in [0, 0.05) is 31.4 Å². The first-order chi connectivity index (χ1) is 12.1. The van der Waals surface area contributed by atoms with Crippen molar-refractivity contribution in [3.8, 4) is 5.75 Å². The van der Waals surface area contributed by atoms with Crippen LogP contribution in [0, 0.1) is 13.8 Å². The predicted molar refractivity (Wildman–Crippen MR) is 106 cm³/mol. The van der Waals surface area contributed by atoms with Crippen molar-refractivity contribution >= 4 is 17.3 Å². The van der Waals surface area contributed by atoms with Crippen LogP contribution in [-0.4, -0.2) is 38.2 Å². The van der Waals surface area contributed by atoms with E-state index in [-0.39, 0.29) is 0 Å². The number of benzene rings is 1. The molecule has 0 aliphatic carbocycles. The van der Waals surface area contributed by atoms with E-state index in [1.165, 1.54) is 15.4 Å². The molecule has 6 heteroatoms. The van der Waals surface area contributed by atoms with Gasteiger partial charge in [0.15, 0.2) is 5.96 Å². The van der Waals surface area contributed by atoms with Crippen molar-refractivity contribution in [2.75, 3.05) is 27.2 Å². The first kappa shape index (κ1) is 19.2. The van der Waals surface area contributed by atoms with Gasteiger partial charge in [-0.05, 0) is 44.4 Å². The molecule has 2 aromatic rings. The molecule has 1 heterocycles. The highest BCUT2D eigenvalue weighted by atomic mass is 32.1. The van der Waals surface area contributed by atoms with Gasteiger partial charge in [0.05, 0.1) is 17.8 Å². The van der Waals surface area contributed by atoms with Crippen LogP contribution in [0.1, 0.15) is 27.6 Å². The van der Waals surface area contributed by atoms with Crippen molar-refractivity contribution in [1.82, 2.24) is 15.6 Å². The number of hydrogen-bond acceptors (Lipinski definition) is 4. The smallest absolute Gasteiger partial charge is 0.190 e. The molecule has 0 aliphatic rings. The monoisotopic (exact) mass is 360 g/mol. The number of aromatic nitrogens is 1. The fourth-order valence-electron chi connectivity index (χ4n) is 2.45. The molecule has 0 bridgehead atoms. The molecule has 0 unspecified atom stereocenters. The van der Waals surface area contributed by atoms with Crippen LogP contribution < -0.4 is 15.4 Å². The number of aliphatic imine (C=N–C) groups is 1. The molecule has 0 fully saturated rings. The maximum Gasteiger partial charge on any atom is 0.190 e. The van der Waals surface area contributed by atoms with E-state index in [4.69, 9.17) is 4.74 Å². The Morgan fingerprint density at radius 1 is 1.12 bits per heavy atom. The second kappa shape index (κ2) is 10.0. The van der Waals surface area contributed by atoms with E-state index >= 15 is 0 Å². The molecule has 0 amide bonds. The summed E-state index contributed by atoms with van der Waals surface area (Å²) in [6, 6.07) is 8.24. The number of methoxy groups -OCH3 is 1. The molecule has 0 spiro atoms. The van der Waals surface area contributed by atoms with E-state index in [1.807, 2.05) is 12.1 Å². The SMILES string of the molecule is CN=C(NCCCc1ccc(OC)cc1)NCCc1nc(C)c(C)s1. The molecule has 1 aromatic carbocycles. The lowest BCUT2D eigenvalue weighted by molar-refractivity contribution is 0.414. The number of nitrogens with one attached hydrogen (secondary N) is 2. The second-order valence-electron chi connectivity index (χ2n) is 5.88. The Labute approximate surface area is 154 Å². The Morgan fingerprint density at radius 3 is 2.44 bits per heavy atom. The molecule has 5 nitrogen and oxygen atoms in total. The zero-order chi connectivity index (χ0) is 18.1. The van der Waals surface area contributed by atoms with Crippen molar-refractivity contribution in [3.05, 3.63) is 45.4 Å². The van der Waals surface area contributed by atoms with E-state index in [9.17, 15) is 0 Å². The molecule has 25 heavy (non-hydrogen) atoms. The Balaban J connectivity index is 1.64. The van der Waals surface area contributed by atoms with Crippen LogP contribution in [-0.2, 0) is 12.8 Å². The van der Waals surface area contributed by atoms with Crippen LogP contribution >= 0.6 is 11.3 Å². The summed E-state index contributed by atoms with van der Waals surface area (Å²) in [5, 5.41) is 7.89. The first-order valence-electron chi connectivity index (χ1n) is 8.62. The molecule has 1 aromatic heterocycles. The number of aryl methyl sites for hydroxylation is 3. The van der Waals surface area contributed by atoms with Gasteiger partial charge in [-0.2, -0.15) is 0 Å². The van der Waals surface area contributed by atoms with E-state index in [2.05, 4.69) is 46.6 Å². The highest BCUT2D eigenvalue weighted by Gasteiger charge is 2.04. The van der Waals surface area contributed by atoms with E-state index in [0.717, 1.165) is 49.8 Å².